The molecule has 162 valence electrons. The van der Waals surface area contributed by atoms with Gasteiger partial charge in [0.2, 0.25) is 0 Å². The van der Waals surface area contributed by atoms with Gasteiger partial charge in [0.15, 0.2) is 0 Å². The Morgan fingerprint density at radius 1 is 1.03 bits per heavy atom. The van der Waals surface area contributed by atoms with Gasteiger partial charge in [-0.1, -0.05) is 24.3 Å². The van der Waals surface area contributed by atoms with Crippen LogP contribution in [-0.4, -0.2) is 29.2 Å². The number of carbonyl (C=O) groups is 1. The van der Waals surface area contributed by atoms with E-state index in [-0.39, 0.29) is 18.4 Å². The van der Waals surface area contributed by atoms with E-state index >= 15 is 0 Å². The van der Waals surface area contributed by atoms with E-state index in [0.29, 0.717) is 12.4 Å². The molecule has 3 aromatic rings. The number of halogens is 2. The number of nitrogens with one attached hydrogen (secondary N) is 1. The van der Waals surface area contributed by atoms with Crippen LogP contribution < -0.4 is 10.1 Å². The summed E-state index contributed by atoms with van der Waals surface area (Å²) >= 11 is 0. The Kier molecular flexibility index (Phi) is 7.92. The van der Waals surface area contributed by atoms with Crippen LogP contribution >= 0.6 is 0 Å². The molecule has 2 aromatic carbocycles. The Morgan fingerprint density at radius 3 is 2.42 bits per heavy atom. The van der Waals surface area contributed by atoms with Gasteiger partial charge in [-0.3, -0.25) is 4.79 Å². The molecule has 1 aromatic heterocycles. The highest BCUT2D eigenvalue weighted by Gasteiger charge is 2.23. The molecule has 0 aliphatic carbocycles. The predicted octanol–water partition coefficient (Wildman–Crippen LogP) is 5.04. The minimum absolute atomic E-state index is 0.189. The van der Waals surface area contributed by atoms with Crippen molar-refractivity contribution in [3.8, 4) is 5.75 Å². The van der Waals surface area contributed by atoms with Gasteiger partial charge in [-0.2, -0.15) is 0 Å². The molecule has 2 N–H and O–H groups in total. The molecule has 0 aliphatic rings. The fraction of sp³-hybridized carbons (Fsp3) is 0.250. The Hall–Kier alpha value is -3.48. The van der Waals surface area contributed by atoms with E-state index in [0.717, 1.165) is 36.5 Å². The topological polar surface area (TPSA) is 71.5 Å². The van der Waals surface area contributed by atoms with Gasteiger partial charge in [-0.15, -0.1) is 0 Å². The molecule has 0 amide bonds. The van der Waals surface area contributed by atoms with Crippen LogP contribution in [0.15, 0.2) is 66.9 Å². The molecular weight excluding hydrogens is 402 g/mol. The first kappa shape index (κ1) is 22.2. The summed E-state index contributed by atoms with van der Waals surface area (Å²) < 4.78 is 34.0. The van der Waals surface area contributed by atoms with E-state index in [4.69, 9.17) is 4.74 Å². The van der Waals surface area contributed by atoms with Gasteiger partial charge < -0.3 is 15.2 Å². The molecule has 0 spiro atoms. The molecule has 5 nitrogen and oxygen atoms in total. The van der Waals surface area contributed by atoms with E-state index in [1.54, 1.807) is 30.5 Å². The number of rotatable bonds is 11. The maximum atomic E-state index is 14.2. The Labute approximate surface area is 179 Å². The SMILES string of the molecule is O=C(O)CC(Cc1ccc(OCCCNc2ccccn2)cc1)c1c(F)cccc1F. The van der Waals surface area contributed by atoms with Crippen LogP contribution in [0.3, 0.4) is 0 Å². The third-order valence-corrected chi connectivity index (χ3v) is 4.80. The second-order valence-corrected chi connectivity index (χ2v) is 7.12. The molecule has 0 aliphatic heterocycles. The summed E-state index contributed by atoms with van der Waals surface area (Å²) in [5, 5.41) is 12.4. The lowest BCUT2D eigenvalue weighted by atomic mass is 9.88. The zero-order valence-electron chi connectivity index (χ0n) is 16.9. The lowest BCUT2D eigenvalue weighted by molar-refractivity contribution is -0.137. The van der Waals surface area contributed by atoms with Crippen LogP contribution in [0.25, 0.3) is 0 Å². The van der Waals surface area contributed by atoms with Gasteiger partial charge in [-0.25, -0.2) is 13.8 Å². The average Bonchev–Trinajstić information content (AvgIpc) is 2.75. The first-order valence-electron chi connectivity index (χ1n) is 10.1. The van der Waals surface area contributed by atoms with Crippen LogP contribution in [0.4, 0.5) is 14.6 Å². The molecule has 31 heavy (non-hydrogen) atoms. The Morgan fingerprint density at radius 2 is 1.77 bits per heavy atom. The van der Waals surface area contributed by atoms with Gasteiger partial charge in [0.25, 0.3) is 0 Å². The maximum Gasteiger partial charge on any atom is 0.303 e. The van der Waals surface area contributed by atoms with Crippen LogP contribution in [0.5, 0.6) is 5.75 Å². The van der Waals surface area contributed by atoms with Gasteiger partial charge in [-0.05, 0) is 54.8 Å². The number of ether oxygens (including phenoxy) is 1. The van der Waals surface area contributed by atoms with Crippen molar-refractivity contribution in [2.24, 2.45) is 0 Å². The minimum Gasteiger partial charge on any atom is -0.494 e. The molecule has 0 saturated heterocycles. The minimum atomic E-state index is -1.10. The van der Waals surface area contributed by atoms with Gasteiger partial charge >= 0.3 is 5.97 Å². The third kappa shape index (κ3) is 6.77. The van der Waals surface area contributed by atoms with Crippen molar-refractivity contribution in [3.63, 3.8) is 0 Å². The third-order valence-electron chi connectivity index (χ3n) is 4.80. The van der Waals surface area contributed by atoms with Crippen molar-refractivity contribution in [2.45, 2.75) is 25.2 Å². The maximum absolute atomic E-state index is 14.2. The lowest BCUT2D eigenvalue weighted by Gasteiger charge is -2.17. The molecule has 0 radical (unpaired) electrons. The second kappa shape index (κ2) is 11.1. The summed E-state index contributed by atoms with van der Waals surface area (Å²) in [5.41, 5.74) is 0.587. The second-order valence-electron chi connectivity index (χ2n) is 7.12. The first-order valence-corrected chi connectivity index (χ1v) is 10.1. The molecule has 0 fully saturated rings. The van der Waals surface area contributed by atoms with E-state index in [2.05, 4.69) is 10.3 Å². The average molecular weight is 426 g/mol. The molecular formula is C24H24F2N2O3. The summed E-state index contributed by atoms with van der Waals surface area (Å²) in [7, 11) is 0. The molecule has 3 rings (SSSR count). The van der Waals surface area contributed by atoms with Crippen molar-refractivity contribution in [1.82, 2.24) is 4.98 Å². The first-order chi connectivity index (χ1) is 15.0. The van der Waals surface area contributed by atoms with Gasteiger partial charge in [0.1, 0.15) is 23.2 Å². The Bertz CT molecular complexity index is 962. The normalized spacial score (nSPS) is 11.7. The monoisotopic (exact) mass is 426 g/mol. The van der Waals surface area contributed by atoms with Gasteiger partial charge in [0, 0.05) is 24.2 Å². The number of benzene rings is 2. The van der Waals surface area contributed by atoms with Crippen LogP contribution in [0.1, 0.15) is 29.9 Å². The van der Waals surface area contributed by atoms with E-state index in [1.807, 2.05) is 18.2 Å². The number of hydrogen-bond acceptors (Lipinski definition) is 4. The summed E-state index contributed by atoms with van der Waals surface area (Å²) in [5.74, 6) is -1.88. The van der Waals surface area contributed by atoms with Crippen molar-refractivity contribution in [2.75, 3.05) is 18.5 Å². The number of hydrogen-bond donors (Lipinski definition) is 2. The van der Waals surface area contributed by atoms with Crippen molar-refractivity contribution >= 4 is 11.8 Å². The highest BCUT2D eigenvalue weighted by Crippen LogP contribution is 2.29. The number of aromatic nitrogens is 1. The predicted molar refractivity (Wildman–Crippen MR) is 114 cm³/mol. The van der Waals surface area contributed by atoms with E-state index < -0.39 is 23.5 Å². The number of carboxylic acid groups (broad SMARTS) is 1. The van der Waals surface area contributed by atoms with Crippen LogP contribution in [-0.2, 0) is 11.2 Å². The van der Waals surface area contributed by atoms with Crippen LogP contribution in [0, 0.1) is 11.6 Å². The fourth-order valence-corrected chi connectivity index (χ4v) is 3.34. The van der Waals surface area contributed by atoms with Crippen molar-refractivity contribution < 1.29 is 23.4 Å². The molecule has 1 heterocycles. The van der Waals surface area contributed by atoms with E-state index in [1.165, 1.54) is 6.07 Å². The molecule has 7 heteroatoms. The van der Waals surface area contributed by atoms with Crippen LogP contribution in [0.2, 0.25) is 0 Å². The summed E-state index contributed by atoms with van der Waals surface area (Å²) in [6, 6.07) is 16.3. The summed E-state index contributed by atoms with van der Waals surface area (Å²) in [6.07, 6.45) is 2.35. The number of pyridine rings is 1. The number of anilines is 1. The highest BCUT2D eigenvalue weighted by atomic mass is 19.1. The molecule has 0 saturated carbocycles. The zero-order valence-corrected chi connectivity index (χ0v) is 16.9. The lowest BCUT2D eigenvalue weighted by Crippen LogP contribution is -2.13. The molecule has 1 atom stereocenters. The quantitative estimate of drug-likeness (QED) is 0.420. The largest absolute Gasteiger partial charge is 0.494 e. The number of aliphatic carboxylic acids is 1. The highest BCUT2D eigenvalue weighted by molar-refractivity contribution is 5.68. The number of carboxylic acids is 1. The standard InChI is InChI=1S/C24H24F2N2O3/c25-20-5-3-6-21(26)24(20)18(16-23(29)30)15-17-8-10-19(11-9-17)31-14-4-13-28-22-7-1-2-12-27-22/h1-3,5-12,18H,4,13-16H2,(H,27,28)(H,29,30). The van der Waals surface area contributed by atoms with E-state index in [9.17, 15) is 18.7 Å². The van der Waals surface area contributed by atoms with Crippen molar-refractivity contribution in [3.05, 3.63) is 89.6 Å². The molecule has 1 unspecified atom stereocenters. The summed E-state index contributed by atoms with van der Waals surface area (Å²) in [6.45, 7) is 1.24. The summed E-state index contributed by atoms with van der Waals surface area (Å²) in [4.78, 5) is 15.4. The number of nitrogens with zero attached hydrogens (tertiary/aromatic N) is 1. The van der Waals surface area contributed by atoms with Crippen molar-refractivity contribution in [1.29, 1.82) is 0 Å². The fourth-order valence-electron chi connectivity index (χ4n) is 3.34. The zero-order chi connectivity index (χ0) is 22.1. The Balaban J connectivity index is 1.53. The molecule has 0 bridgehead atoms. The van der Waals surface area contributed by atoms with Gasteiger partial charge in [0.05, 0.1) is 13.0 Å². The smallest absolute Gasteiger partial charge is 0.303 e.